The van der Waals surface area contributed by atoms with Crippen molar-refractivity contribution >= 4 is 23.3 Å². The van der Waals surface area contributed by atoms with Gasteiger partial charge in [-0.2, -0.15) is 0 Å². The molecule has 1 aliphatic heterocycles. The summed E-state index contributed by atoms with van der Waals surface area (Å²) in [6.07, 6.45) is 0.285. The van der Waals surface area contributed by atoms with Crippen LogP contribution in [0.5, 0.6) is 5.75 Å². The van der Waals surface area contributed by atoms with Crippen molar-refractivity contribution in [1.82, 2.24) is 5.32 Å². The SMILES string of the molecule is CCOc1ccc(N2C[C@@H](NC(=O)Nc3ccc(C(C)C)cc3)CC2=O)cc1. The van der Waals surface area contributed by atoms with E-state index in [1.54, 1.807) is 4.90 Å². The van der Waals surface area contributed by atoms with Crippen molar-refractivity contribution in [3.63, 3.8) is 0 Å². The molecular formula is C22H27N3O3. The summed E-state index contributed by atoms with van der Waals surface area (Å²) < 4.78 is 5.43. The summed E-state index contributed by atoms with van der Waals surface area (Å²) in [4.78, 5) is 26.3. The minimum atomic E-state index is -0.302. The third-order valence-electron chi connectivity index (χ3n) is 4.75. The fraction of sp³-hybridized carbons (Fsp3) is 0.364. The highest BCUT2D eigenvalue weighted by atomic mass is 16.5. The molecule has 6 heteroatoms. The minimum Gasteiger partial charge on any atom is -0.494 e. The van der Waals surface area contributed by atoms with Gasteiger partial charge in [-0.25, -0.2) is 4.79 Å². The number of rotatable bonds is 6. The van der Waals surface area contributed by atoms with Gasteiger partial charge in [0.05, 0.1) is 12.6 Å². The summed E-state index contributed by atoms with van der Waals surface area (Å²) >= 11 is 0. The molecule has 0 saturated carbocycles. The number of urea groups is 1. The Hall–Kier alpha value is -3.02. The summed E-state index contributed by atoms with van der Waals surface area (Å²) in [5.41, 5.74) is 2.76. The average Bonchev–Trinajstić information content (AvgIpc) is 3.03. The first kappa shape index (κ1) is 19.7. The van der Waals surface area contributed by atoms with E-state index in [-0.39, 0.29) is 24.4 Å². The van der Waals surface area contributed by atoms with Crippen molar-refractivity contribution in [2.24, 2.45) is 0 Å². The van der Waals surface area contributed by atoms with Crippen molar-refractivity contribution in [3.05, 3.63) is 54.1 Å². The molecule has 2 aromatic rings. The standard InChI is InChI=1S/C22H27N3O3/c1-4-28-20-11-9-19(10-12-20)25-14-18(13-21(25)26)24-22(27)23-17-7-5-16(6-8-17)15(2)3/h5-12,15,18H,4,13-14H2,1-3H3,(H2,23,24,27)/t18-/m0/s1. The van der Waals surface area contributed by atoms with Gasteiger partial charge in [-0.3, -0.25) is 4.79 Å². The monoisotopic (exact) mass is 381 g/mol. The molecule has 0 bridgehead atoms. The number of carbonyl (C=O) groups excluding carboxylic acids is 2. The molecule has 28 heavy (non-hydrogen) atoms. The van der Waals surface area contributed by atoms with Gasteiger partial charge in [-0.1, -0.05) is 26.0 Å². The lowest BCUT2D eigenvalue weighted by atomic mass is 10.0. The second-order valence-corrected chi connectivity index (χ2v) is 7.21. The van der Waals surface area contributed by atoms with Crippen LogP contribution in [0.1, 0.15) is 38.7 Å². The molecule has 6 nitrogen and oxygen atoms in total. The molecule has 0 unspecified atom stereocenters. The van der Waals surface area contributed by atoms with E-state index in [1.165, 1.54) is 5.56 Å². The van der Waals surface area contributed by atoms with Crippen LogP contribution in [0.2, 0.25) is 0 Å². The van der Waals surface area contributed by atoms with Gasteiger partial charge in [-0.15, -0.1) is 0 Å². The molecule has 2 N–H and O–H groups in total. The van der Waals surface area contributed by atoms with Crippen molar-refractivity contribution in [2.75, 3.05) is 23.4 Å². The van der Waals surface area contributed by atoms with Gasteiger partial charge < -0.3 is 20.3 Å². The zero-order valence-corrected chi connectivity index (χ0v) is 16.6. The number of carbonyl (C=O) groups is 2. The summed E-state index contributed by atoms with van der Waals surface area (Å²) in [7, 11) is 0. The number of amides is 3. The second-order valence-electron chi connectivity index (χ2n) is 7.21. The highest BCUT2D eigenvalue weighted by Crippen LogP contribution is 2.24. The first-order valence-electron chi connectivity index (χ1n) is 9.67. The van der Waals surface area contributed by atoms with E-state index in [0.29, 0.717) is 19.1 Å². The second kappa shape index (κ2) is 8.78. The topological polar surface area (TPSA) is 70.7 Å². The maximum Gasteiger partial charge on any atom is 0.319 e. The molecule has 0 spiro atoms. The molecule has 1 saturated heterocycles. The Morgan fingerprint density at radius 1 is 1.14 bits per heavy atom. The van der Waals surface area contributed by atoms with Crippen molar-refractivity contribution in [1.29, 1.82) is 0 Å². The predicted molar refractivity (Wildman–Crippen MR) is 111 cm³/mol. The van der Waals surface area contributed by atoms with Gasteiger partial charge >= 0.3 is 6.03 Å². The Kier molecular flexibility index (Phi) is 6.19. The van der Waals surface area contributed by atoms with Crippen LogP contribution in [0, 0.1) is 0 Å². The molecule has 1 atom stereocenters. The van der Waals surface area contributed by atoms with Crippen LogP contribution in [-0.4, -0.2) is 31.1 Å². The van der Waals surface area contributed by atoms with Crippen LogP contribution in [0.4, 0.5) is 16.2 Å². The van der Waals surface area contributed by atoms with Gasteiger partial charge in [0.25, 0.3) is 0 Å². The fourth-order valence-corrected chi connectivity index (χ4v) is 3.25. The molecule has 1 heterocycles. The zero-order chi connectivity index (χ0) is 20.1. The molecule has 3 amide bonds. The summed E-state index contributed by atoms with van der Waals surface area (Å²) in [6.45, 7) is 7.23. The van der Waals surface area contributed by atoms with E-state index in [1.807, 2.05) is 55.5 Å². The van der Waals surface area contributed by atoms with Crippen molar-refractivity contribution in [3.8, 4) is 5.75 Å². The predicted octanol–water partition coefficient (Wildman–Crippen LogP) is 4.14. The first-order chi connectivity index (χ1) is 13.5. The molecule has 0 radical (unpaired) electrons. The smallest absolute Gasteiger partial charge is 0.319 e. The number of hydrogen-bond acceptors (Lipinski definition) is 3. The summed E-state index contributed by atoms with van der Waals surface area (Å²) in [5.74, 6) is 1.21. The zero-order valence-electron chi connectivity index (χ0n) is 16.6. The number of benzene rings is 2. The number of nitrogens with zero attached hydrogens (tertiary/aromatic N) is 1. The largest absolute Gasteiger partial charge is 0.494 e. The van der Waals surface area contributed by atoms with E-state index in [4.69, 9.17) is 4.74 Å². The maximum absolute atomic E-state index is 12.4. The van der Waals surface area contributed by atoms with Gasteiger partial charge in [-0.05, 0) is 54.8 Å². The quantitative estimate of drug-likeness (QED) is 0.790. The Labute approximate surface area is 165 Å². The molecular weight excluding hydrogens is 354 g/mol. The lowest BCUT2D eigenvalue weighted by Crippen LogP contribution is -2.39. The summed E-state index contributed by atoms with van der Waals surface area (Å²) in [5, 5.41) is 5.72. The molecule has 3 rings (SSSR count). The van der Waals surface area contributed by atoms with E-state index in [2.05, 4.69) is 24.5 Å². The van der Waals surface area contributed by atoms with Crippen LogP contribution in [0.3, 0.4) is 0 Å². The van der Waals surface area contributed by atoms with Gasteiger partial charge in [0.1, 0.15) is 5.75 Å². The highest BCUT2D eigenvalue weighted by molar-refractivity contribution is 5.97. The Bertz CT molecular complexity index is 816. The molecule has 148 valence electrons. The number of nitrogens with one attached hydrogen (secondary N) is 2. The molecule has 0 aliphatic carbocycles. The molecule has 1 aliphatic rings. The fourth-order valence-electron chi connectivity index (χ4n) is 3.25. The number of ether oxygens (including phenoxy) is 1. The van der Waals surface area contributed by atoms with Gasteiger partial charge in [0.2, 0.25) is 5.91 Å². The normalized spacial score (nSPS) is 16.4. The Morgan fingerprint density at radius 2 is 1.82 bits per heavy atom. The van der Waals surface area contributed by atoms with E-state index in [9.17, 15) is 9.59 Å². The highest BCUT2D eigenvalue weighted by Gasteiger charge is 2.31. The van der Waals surface area contributed by atoms with Crippen LogP contribution >= 0.6 is 0 Å². The van der Waals surface area contributed by atoms with Gasteiger partial charge in [0, 0.05) is 24.3 Å². The first-order valence-corrected chi connectivity index (χ1v) is 9.67. The average molecular weight is 381 g/mol. The lowest BCUT2D eigenvalue weighted by molar-refractivity contribution is -0.117. The van der Waals surface area contributed by atoms with Crippen LogP contribution in [0.25, 0.3) is 0 Å². The molecule has 1 fully saturated rings. The van der Waals surface area contributed by atoms with E-state index in [0.717, 1.165) is 17.1 Å². The molecule has 0 aromatic heterocycles. The number of hydrogen-bond donors (Lipinski definition) is 2. The minimum absolute atomic E-state index is 0.00394. The van der Waals surface area contributed by atoms with E-state index >= 15 is 0 Å². The van der Waals surface area contributed by atoms with Crippen LogP contribution < -0.4 is 20.3 Å². The third-order valence-corrected chi connectivity index (χ3v) is 4.75. The van der Waals surface area contributed by atoms with Gasteiger partial charge in [0.15, 0.2) is 0 Å². The molecule has 2 aromatic carbocycles. The van der Waals surface area contributed by atoms with Crippen molar-refractivity contribution < 1.29 is 14.3 Å². The van der Waals surface area contributed by atoms with E-state index < -0.39 is 0 Å². The maximum atomic E-state index is 12.4. The third kappa shape index (κ3) is 4.82. The Morgan fingerprint density at radius 3 is 2.43 bits per heavy atom. The van der Waals surface area contributed by atoms with Crippen LogP contribution in [-0.2, 0) is 4.79 Å². The van der Waals surface area contributed by atoms with Crippen LogP contribution in [0.15, 0.2) is 48.5 Å². The number of anilines is 2. The summed E-state index contributed by atoms with van der Waals surface area (Å²) in [6, 6.07) is 14.7. The lowest BCUT2D eigenvalue weighted by Gasteiger charge is -2.18. The Balaban J connectivity index is 1.55. The van der Waals surface area contributed by atoms with Crippen molar-refractivity contribution in [2.45, 2.75) is 39.2 Å².